The van der Waals surface area contributed by atoms with Crippen LogP contribution in [0.2, 0.25) is 0 Å². The minimum Gasteiger partial charge on any atom is -0.310 e. The monoisotopic (exact) mass is 619 g/mol. The van der Waals surface area contributed by atoms with Crippen LogP contribution >= 0.6 is 0 Å². The lowest BCUT2D eigenvalue weighted by atomic mass is 9.51. The molecule has 0 heterocycles. The van der Waals surface area contributed by atoms with Crippen LogP contribution in [0.25, 0.3) is 33.4 Å². The lowest BCUT2D eigenvalue weighted by Gasteiger charge is -2.53. The van der Waals surface area contributed by atoms with Crippen molar-refractivity contribution in [3.63, 3.8) is 0 Å². The molecule has 4 bridgehead atoms. The zero-order valence-corrected chi connectivity index (χ0v) is 27.4. The third-order valence-corrected chi connectivity index (χ3v) is 12.6. The summed E-state index contributed by atoms with van der Waals surface area (Å²) in [5, 5.41) is 0. The average Bonchev–Trinajstić information content (AvgIpc) is 3.30. The summed E-state index contributed by atoms with van der Waals surface area (Å²) in [5.74, 6) is 3.34. The van der Waals surface area contributed by atoms with Crippen LogP contribution in [-0.4, -0.2) is 0 Å². The van der Waals surface area contributed by atoms with Crippen molar-refractivity contribution in [2.45, 2.75) is 43.9 Å². The highest BCUT2D eigenvalue weighted by atomic mass is 15.1. The molecule has 1 nitrogen and oxygen atoms in total. The standard InChI is InChI=1S/C47H41N/c1-3-10-34(11-4-1)35-19-21-36(22-20-35)37-23-26-41(27-24-37)48(40-12-5-2-6-13-40)45-17-9-16-44-46(45)42-14-7-8-15-43(42)47(44)38-25-18-32-28-33(30-38)31-39(47)29-32/h1-17,19-24,26-27,32-33,38-39H,18,25,28-31H2. The van der Waals surface area contributed by atoms with E-state index in [2.05, 4.69) is 157 Å². The molecule has 5 atom stereocenters. The van der Waals surface area contributed by atoms with Gasteiger partial charge in [0, 0.05) is 22.4 Å². The third kappa shape index (κ3) is 4.23. The van der Waals surface area contributed by atoms with E-state index in [9.17, 15) is 0 Å². The van der Waals surface area contributed by atoms with Crippen molar-refractivity contribution in [1.82, 2.24) is 0 Å². The van der Waals surface area contributed by atoms with Gasteiger partial charge in [-0.2, -0.15) is 0 Å². The Kier molecular flexibility index (Phi) is 6.51. The Morgan fingerprint density at radius 3 is 1.73 bits per heavy atom. The van der Waals surface area contributed by atoms with Gasteiger partial charge in [0.1, 0.15) is 0 Å². The van der Waals surface area contributed by atoms with Crippen molar-refractivity contribution < 1.29 is 0 Å². The van der Waals surface area contributed by atoms with E-state index in [1.54, 1.807) is 11.1 Å². The van der Waals surface area contributed by atoms with Crippen LogP contribution in [-0.2, 0) is 5.41 Å². The van der Waals surface area contributed by atoms with Crippen molar-refractivity contribution in [3.05, 3.63) is 163 Å². The van der Waals surface area contributed by atoms with Gasteiger partial charge < -0.3 is 4.90 Å². The topological polar surface area (TPSA) is 3.24 Å². The van der Waals surface area contributed by atoms with Crippen LogP contribution in [0.5, 0.6) is 0 Å². The van der Waals surface area contributed by atoms with Crippen LogP contribution in [0.1, 0.15) is 49.7 Å². The Balaban J connectivity index is 1.10. The minimum atomic E-state index is 0.145. The zero-order chi connectivity index (χ0) is 31.7. The highest BCUT2D eigenvalue weighted by molar-refractivity contribution is 5.95. The molecule has 5 aliphatic carbocycles. The Hall–Kier alpha value is -4.88. The van der Waals surface area contributed by atoms with Crippen LogP contribution < -0.4 is 4.90 Å². The van der Waals surface area contributed by atoms with Crippen molar-refractivity contribution in [2.24, 2.45) is 23.7 Å². The molecule has 0 saturated heterocycles. The molecule has 0 aliphatic heterocycles. The van der Waals surface area contributed by atoms with Crippen molar-refractivity contribution in [2.75, 3.05) is 4.90 Å². The molecule has 1 spiro atoms. The van der Waals surface area contributed by atoms with Crippen molar-refractivity contribution >= 4 is 17.1 Å². The molecule has 0 amide bonds. The Bertz CT molecular complexity index is 2090. The third-order valence-electron chi connectivity index (χ3n) is 12.6. The van der Waals surface area contributed by atoms with Crippen LogP contribution in [0.3, 0.4) is 0 Å². The molecule has 5 aliphatic rings. The summed E-state index contributed by atoms with van der Waals surface area (Å²) in [6, 6.07) is 56.6. The lowest BCUT2D eigenvalue weighted by Crippen LogP contribution is -2.48. The first kappa shape index (κ1) is 28.2. The Labute approximate surface area is 284 Å². The lowest BCUT2D eigenvalue weighted by molar-refractivity contribution is 0.0618. The Morgan fingerprint density at radius 1 is 0.417 bits per heavy atom. The molecule has 6 aromatic rings. The maximum atomic E-state index is 2.52. The van der Waals surface area contributed by atoms with E-state index >= 15 is 0 Å². The van der Waals surface area contributed by atoms with E-state index in [4.69, 9.17) is 0 Å². The van der Waals surface area contributed by atoms with Gasteiger partial charge in [-0.3, -0.25) is 0 Å². The number of hydrogen-bond acceptors (Lipinski definition) is 1. The first-order valence-electron chi connectivity index (χ1n) is 18.1. The molecular weight excluding hydrogens is 579 g/mol. The molecular formula is C47H41N. The normalized spacial score (nSPS) is 24.7. The van der Waals surface area contributed by atoms with E-state index in [-0.39, 0.29) is 5.41 Å². The summed E-state index contributed by atoms with van der Waals surface area (Å²) in [6.07, 6.45) is 8.50. The molecule has 0 aromatic heterocycles. The summed E-state index contributed by atoms with van der Waals surface area (Å²) in [4.78, 5) is 2.51. The van der Waals surface area contributed by atoms with Gasteiger partial charge in [0.05, 0.1) is 5.69 Å². The fourth-order valence-corrected chi connectivity index (χ4v) is 10.8. The number of anilines is 3. The van der Waals surface area contributed by atoms with Gasteiger partial charge >= 0.3 is 0 Å². The van der Waals surface area contributed by atoms with Gasteiger partial charge in [0.25, 0.3) is 0 Å². The second-order valence-corrected chi connectivity index (χ2v) is 14.9. The molecule has 0 radical (unpaired) electrons. The van der Waals surface area contributed by atoms with Gasteiger partial charge in [-0.1, -0.05) is 128 Å². The van der Waals surface area contributed by atoms with Gasteiger partial charge in [-0.25, -0.2) is 0 Å². The predicted octanol–water partition coefficient (Wildman–Crippen LogP) is 12.6. The number of nitrogens with zero attached hydrogens (tertiary/aromatic N) is 1. The molecule has 11 rings (SSSR count). The maximum Gasteiger partial charge on any atom is 0.0543 e. The quantitative estimate of drug-likeness (QED) is 0.186. The predicted molar refractivity (Wildman–Crippen MR) is 200 cm³/mol. The molecule has 1 heteroatoms. The molecule has 4 fully saturated rings. The van der Waals surface area contributed by atoms with Crippen LogP contribution in [0.4, 0.5) is 17.1 Å². The van der Waals surface area contributed by atoms with Gasteiger partial charge in [0.2, 0.25) is 0 Å². The van der Waals surface area contributed by atoms with Crippen LogP contribution in [0.15, 0.2) is 152 Å². The largest absolute Gasteiger partial charge is 0.310 e. The molecule has 48 heavy (non-hydrogen) atoms. The molecule has 234 valence electrons. The summed E-state index contributed by atoms with van der Waals surface area (Å²) in [7, 11) is 0. The number of rotatable bonds is 5. The summed E-state index contributed by atoms with van der Waals surface area (Å²) < 4.78 is 0. The van der Waals surface area contributed by atoms with Crippen molar-refractivity contribution in [1.29, 1.82) is 0 Å². The van der Waals surface area contributed by atoms with E-state index in [1.165, 1.54) is 89.0 Å². The number of benzene rings is 6. The fourth-order valence-electron chi connectivity index (χ4n) is 10.8. The van der Waals surface area contributed by atoms with Gasteiger partial charge in [0.15, 0.2) is 0 Å². The molecule has 5 unspecified atom stereocenters. The fraction of sp³-hybridized carbons (Fsp3) is 0.234. The average molecular weight is 620 g/mol. The van der Waals surface area contributed by atoms with E-state index in [0.717, 1.165) is 23.7 Å². The zero-order valence-electron chi connectivity index (χ0n) is 27.4. The smallest absolute Gasteiger partial charge is 0.0543 e. The second kappa shape index (κ2) is 11.1. The highest BCUT2D eigenvalue weighted by Crippen LogP contribution is 2.68. The summed E-state index contributed by atoms with van der Waals surface area (Å²) in [5.41, 5.74) is 15.0. The summed E-state index contributed by atoms with van der Waals surface area (Å²) >= 11 is 0. The second-order valence-electron chi connectivity index (χ2n) is 14.9. The number of hydrogen-bond donors (Lipinski definition) is 0. The number of para-hydroxylation sites is 1. The maximum absolute atomic E-state index is 2.52. The van der Waals surface area contributed by atoms with E-state index < -0.39 is 0 Å². The highest BCUT2D eigenvalue weighted by Gasteiger charge is 2.59. The molecule has 0 N–H and O–H groups in total. The molecule has 6 aromatic carbocycles. The SMILES string of the molecule is c1ccc(-c2ccc(-c3ccc(N(c4ccccc4)c4cccc5c4-c4ccccc4C54C5CCC6CC(C5)CC4C6)cc3)cc2)cc1. The minimum absolute atomic E-state index is 0.145. The molecule has 4 saturated carbocycles. The van der Waals surface area contributed by atoms with Crippen molar-refractivity contribution in [3.8, 4) is 33.4 Å². The number of fused-ring (bicyclic) bond motifs is 4. The van der Waals surface area contributed by atoms with E-state index in [1.807, 2.05) is 0 Å². The first-order valence-corrected chi connectivity index (χ1v) is 18.1. The van der Waals surface area contributed by atoms with Crippen LogP contribution in [0, 0.1) is 23.7 Å². The van der Waals surface area contributed by atoms with E-state index in [0.29, 0.717) is 0 Å². The van der Waals surface area contributed by atoms with Gasteiger partial charge in [-0.05, 0) is 125 Å². The first-order chi connectivity index (χ1) is 23.8. The summed E-state index contributed by atoms with van der Waals surface area (Å²) in [6.45, 7) is 0. The Morgan fingerprint density at radius 2 is 0.979 bits per heavy atom. The van der Waals surface area contributed by atoms with Gasteiger partial charge in [-0.15, -0.1) is 0 Å².